The molecule has 0 bridgehead atoms. The van der Waals surface area contributed by atoms with Gasteiger partial charge in [0, 0.05) is 31.2 Å². The van der Waals surface area contributed by atoms with E-state index in [2.05, 4.69) is 22.3 Å². The fourth-order valence-corrected chi connectivity index (χ4v) is 4.65. The second kappa shape index (κ2) is 10.5. The number of hydrogen-bond acceptors (Lipinski definition) is 4. The average molecular weight is 418 g/mol. The van der Waals surface area contributed by atoms with Gasteiger partial charge < -0.3 is 10.2 Å². The summed E-state index contributed by atoms with van der Waals surface area (Å²) >= 11 is 0. The summed E-state index contributed by atoms with van der Waals surface area (Å²) < 4.78 is 26.8. The molecule has 2 aromatic rings. The largest absolute Gasteiger partial charge is 0.350 e. The maximum absolute atomic E-state index is 12.7. The van der Waals surface area contributed by atoms with Crippen molar-refractivity contribution in [3.8, 4) is 0 Å². The van der Waals surface area contributed by atoms with Crippen molar-refractivity contribution in [2.75, 3.05) is 33.7 Å². The van der Waals surface area contributed by atoms with E-state index < -0.39 is 10.0 Å². The van der Waals surface area contributed by atoms with Gasteiger partial charge in [-0.15, -0.1) is 0 Å². The quantitative estimate of drug-likeness (QED) is 0.645. The number of nitrogens with zero attached hydrogens (tertiary/aromatic N) is 2. The van der Waals surface area contributed by atoms with E-state index in [1.54, 1.807) is 26.0 Å². The fourth-order valence-electron chi connectivity index (χ4n) is 3.15. The van der Waals surface area contributed by atoms with E-state index in [0.717, 1.165) is 6.42 Å². The van der Waals surface area contributed by atoms with Crippen LogP contribution < -0.4 is 5.32 Å². The summed E-state index contributed by atoms with van der Waals surface area (Å²) in [5.74, 6) is -0.276. The van der Waals surface area contributed by atoms with Gasteiger partial charge in [0.05, 0.1) is 4.90 Å². The number of hydrogen-bond donors (Lipinski definition) is 1. The summed E-state index contributed by atoms with van der Waals surface area (Å²) in [6, 6.07) is 16.5. The first-order valence-corrected chi connectivity index (χ1v) is 11.3. The molecule has 7 heteroatoms. The smallest absolute Gasteiger partial charge is 0.251 e. The maximum Gasteiger partial charge on any atom is 0.251 e. The molecule has 1 amide bonds. The Bertz CT molecular complexity index is 895. The van der Waals surface area contributed by atoms with Gasteiger partial charge in [-0.25, -0.2) is 8.42 Å². The Morgan fingerprint density at radius 3 is 2.24 bits per heavy atom. The third kappa shape index (κ3) is 6.13. The standard InChI is InChI=1S/C22H31N3O3S/c1-5-25(6-2)29(27,28)21-14-10-13-19(16-21)22(26)23-17-20(24(3)4)15-18-11-8-7-9-12-18/h7-14,16,20H,5-6,15,17H2,1-4H3,(H,23,26)/t20-/m1/s1. The van der Waals surface area contributed by atoms with Crippen LogP contribution in [0.3, 0.4) is 0 Å². The summed E-state index contributed by atoms with van der Waals surface area (Å²) in [5, 5.41) is 2.95. The van der Waals surface area contributed by atoms with Crippen LogP contribution in [0.4, 0.5) is 0 Å². The lowest BCUT2D eigenvalue weighted by atomic mass is 10.1. The lowest BCUT2D eigenvalue weighted by molar-refractivity contribution is 0.0941. The summed E-state index contributed by atoms with van der Waals surface area (Å²) in [6.07, 6.45) is 0.810. The minimum absolute atomic E-state index is 0.129. The van der Waals surface area contributed by atoms with E-state index in [1.807, 2.05) is 32.3 Å². The Morgan fingerprint density at radius 2 is 1.66 bits per heavy atom. The number of rotatable bonds is 10. The Hall–Kier alpha value is -2.22. The third-order valence-corrected chi connectivity index (χ3v) is 7.03. The van der Waals surface area contributed by atoms with Gasteiger partial charge in [-0.05, 0) is 44.3 Å². The molecule has 0 saturated heterocycles. The van der Waals surface area contributed by atoms with Crippen LogP contribution in [0.2, 0.25) is 0 Å². The molecular formula is C22H31N3O3S. The molecule has 0 aliphatic rings. The zero-order valence-corrected chi connectivity index (χ0v) is 18.4. The van der Waals surface area contributed by atoms with Crippen LogP contribution in [0.5, 0.6) is 0 Å². The van der Waals surface area contributed by atoms with Crippen LogP contribution in [0.15, 0.2) is 59.5 Å². The molecular weight excluding hydrogens is 386 g/mol. The predicted molar refractivity (Wildman–Crippen MR) is 117 cm³/mol. The number of nitrogens with one attached hydrogen (secondary N) is 1. The van der Waals surface area contributed by atoms with E-state index in [4.69, 9.17) is 0 Å². The van der Waals surface area contributed by atoms with Gasteiger partial charge in [-0.2, -0.15) is 4.31 Å². The summed E-state index contributed by atoms with van der Waals surface area (Å²) in [4.78, 5) is 14.9. The van der Waals surface area contributed by atoms with Crippen molar-refractivity contribution < 1.29 is 13.2 Å². The number of carbonyl (C=O) groups excluding carboxylic acids is 1. The van der Waals surface area contributed by atoms with E-state index in [9.17, 15) is 13.2 Å². The lowest BCUT2D eigenvalue weighted by Gasteiger charge is -2.25. The van der Waals surface area contributed by atoms with Crippen LogP contribution in [0.1, 0.15) is 29.8 Å². The van der Waals surface area contributed by atoms with Crippen LogP contribution in [-0.2, 0) is 16.4 Å². The second-order valence-electron chi connectivity index (χ2n) is 7.13. The Morgan fingerprint density at radius 1 is 1.00 bits per heavy atom. The van der Waals surface area contributed by atoms with E-state index >= 15 is 0 Å². The average Bonchev–Trinajstić information content (AvgIpc) is 2.72. The van der Waals surface area contributed by atoms with Gasteiger partial charge in [0.1, 0.15) is 0 Å². The summed E-state index contributed by atoms with van der Waals surface area (Å²) in [7, 11) is 0.369. The molecule has 0 fully saturated rings. The molecule has 1 atom stereocenters. The highest BCUT2D eigenvalue weighted by Gasteiger charge is 2.23. The van der Waals surface area contributed by atoms with Gasteiger partial charge in [0.15, 0.2) is 0 Å². The SMILES string of the molecule is CCN(CC)S(=O)(=O)c1cccc(C(=O)NC[C@@H](Cc2ccccc2)N(C)C)c1. The lowest BCUT2D eigenvalue weighted by Crippen LogP contribution is -2.41. The van der Waals surface area contributed by atoms with Crippen molar-refractivity contribution in [2.45, 2.75) is 31.2 Å². The van der Waals surface area contributed by atoms with Crippen LogP contribution in [-0.4, -0.2) is 63.3 Å². The number of carbonyl (C=O) groups is 1. The van der Waals surface area contributed by atoms with Crippen LogP contribution in [0, 0.1) is 0 Å². The molecule has 1 N–H and O–H groups in total. The highest BCUT2D eigenvalue weighted by atomic mass is 32.2. The molecule has 0 saturated carbocycles. The third-order valence-electron chi connectivity index (χ3n) is 4.98. The molecule has 0 radical (unpaired) electrons. The Balaban J connectivity index is 2.10. The predicted octanol–water partition coefficient (Wildman–Crippen LogP) is 2.62. The molecule has 2 aromatic carbocycles. The number of sulfonamides is 1. The van der Waals surface area contributed by atoms with Gasteiger partial charge >= 0.3 is 0 Å². The molecule has 0 unspecified atom stereocenters. The van der Waals surface area contributed by atoms with Crippen molar-refractivity contribution >= 4 is 15.9 Å². The Labute approximate surface area is 174 Å². The van der Waals surface area contributed by atoms with Gasteiger partial charge in [-0.3, -0.25) is 4.79 Å². The summed E-state index contributed by atoms with van der Waals surface area (Å²) in [6.45, 7) is 4.84. The molecule has 158 valence electrons. The molecule has 6 nitrogen and oxygen atoms in total. The van der Waals surface area contributed by atoms with E-state index in [1.165, 1.54) is 22.0 Å². The molecule has 0 aliphatic carbocycles. The fraction of sp³-hybridized carbons (Fsp3) is 0.409. The van der Waals surface area contributed by atoms with E-state index in [0.29, 0.717) is 25.2 Å². The highest BCUT2D eigenvalue weighted by Crippen LogP contribution is 2.17. The van der Waals surface area contributed by atoms with Crippen molar-refractivity contribution in [1.82, 2.24) is 14.5 Å². The first-order valence-electron chi connectivity index (χ1n) is 9.88. The van der Waals surface area contributed by atoms with Crippen molar-refractivity contribution in [3.63, 3.8) is 0 Å². The Kier molecular flexibility index (Phi) is 8.37. The van der Waals surface area contributed by atoms with Gasteiger partial charge in [-0.1, -0.05) is 50.2 Å². The zero-order chi connectivity index (χ0) is 21.4. The van der Waals surface area contributed by atoms with Gasteiger partial charge in [0.2, 0.25) is 10.0 Å². The summed E-state index contributed by atoms with van der Waals surface area (Å²) in [5.41, 5.74) is 1.54. The minimum atomic E-state index is -3.60. The van der Waals surface area contributed by atoms with Crippen molar-refractivity contribution in [2.24, 2.45) is 0 Å². The molecule has 0 spiro atoms. The van der Waals surface area contributed by atoms with Crippen LogP contribution in [0.25, 0.3) is 0 Å². The number of amides is 1. The molecule has 0 aliphatic heterocycles. The zero-order valence-electron chi connectivity index (χ0n) is 17.6. The molecule has 29 heavy (non-hydrogen) atoms. The minimum Gasteiger partial charge on any atom is -0.350 e. The maximum atomic E-state index is 12.7. The molecule has 0 aromatic heterocycles. The first kappa shape index (κ1) is 23.1. The van der Waals surface area contributed by atoms with E-state index in [-0.39, 0.29) is 16.8 Å². The normalized spacial score (nSPS) is 12.9. The monoisotopic (exact) mass is 417 g/mol. The molecule has 0 heterocycles. The van der Waals surface area contributed by atoms with Crippen LogP contribution >= 0.6 is 0 Å². The van der Waals surface area contributed by atoms with Gasteiger partial charge in [0.25, 0.3) is 5.91 Å². The number of benzene rings is 2. The second-order valence-corrected chi connectivity index (χ2v) is 9.07. The molecule has 2 rings (SSSR count). The van der Waals surface area contributed by atoms with Crippen molar-refractivity contribution in [1.29, 1.82) is 0 Å². The first-order chi connectivity index (χ1) is 13.8. The van der Waals surface area contributed by atoms with Crippen molar-refractivity contribution in [3.05, 3.63) is 65.7 Å². The highest BCUT2D eigenvalue weighted by molar-refractivity contribution is 7.89. The number of likely N-dealkylation sites (N-methyl/N-ethyl adjacent to an activating group) is 1. The topological polar surface area (TPSA) is 69.7 Å².